The molecule has 4 N–H and O–H groups in total. The molecule has 21 heavy (non-hydrogen) atoms. The fourth-order valence-electron chi connectivity index (χ4n) is 1.95. The summed E-state index contributed by atoms with van der Waals surface area (Å²) in [7, 11) is 0. The van der Waals surface area contributed by atoms with Gasteiger partial charge in [-0.25, -0.2) is 20.2 Å². The van der Waals surface area contributed by atoms with Crippen molar-refractivity contribution < 1.29 is 4.39 Å². The van der Waals surface area contributed by atoms with E-state index in [9.17, 15) is 4.39 Å². The normalized spacial score (nSPS) is 12.3. The lowest BCUT2D eigenvalue weighted by molar-refractivity contribution is 0.623. The maximum Gasteiger partial charge on any atom is 0.145 e. The molecule has 1 aromatic heterocycles. The number of nitrogen functional groups attached to an aromatic ring is 1. The van der Waals surface area contributed by atoms with Crippen molar-refractivity contribution in [3.8, 4) is 0 Å². The van der Waals surface area contributed by atoms with Crippen LogP contribution in [0.3, 0.4) is 0 Å². The van der Waals surface area contributed by atoms with Gasteiger partial charge in [-0.05, 0) is 24.6 Å². The van der Waals surface area contributed by atoms with Crippen LogP contribution in [0.25, 0.3) is 0 Å². The van der Waals surface area contributed by atoms with Gasteiger partial charge in [0.25, 0.3) is 0 Å². The molecule has 6 heteroatoms. The van der Waals surface area contributed by atoms with Crippen molar-refractivity contribution in [3.63, 3.8) is 0 Å². The average molecular weight is 289 g/mol. The predicted molar refractivity (Wildman–Crippen MR) is 82.4 cm³/mol. The second-order valence-corrected chi connectivity index (χ2v) is 5.22. The number of nitrogens with two attached hydrogens (primary N) is 1. The monoisotopic (exact) mass is 289 g/mol. The van der Waals surface area contributed by atoms with Gasteiger partial charge >= 0.3 is 0 Å². The molecule has 0 saturated heterocycles. The Balaban J connectivity index is 2.24. The van der Waals surface area contributed by atoms with Crippen molar-refractivity contribution in [2.24, 2.45) is 5.84 Å². The van der Waals surface area contributed by atoms with Gasteiger partial charge in [0.15, 0.2) is 0 Å². The van der Waals surface area contributed by atoms with Crippen LogP contribution in [-0.4, -0.2) is 9.97 Å². The minimum absolute atomic E-state index is 0.0822. The van der Waals surface area contributed by atoms with Crippen molar-refractivity contribution in [1.82, 2.24) is 9.97 Å². The zero-order chi connectivity index (χ0) is 15.4. The molecule has 0 saturated carbocycles. The van der Waals surface area contributed by atoms with E-state index in [1.807, 2.05) is 26.8 Å². The van der Waals surface area contributed by atoms with Crippen LogP contribution in [0.15, 0.2) is 30.3 Å². The first kappa shape index (κ1) is 15.2. The van der Waals surface area contributed by atoms with Crippen LogP contribution in [-0.2, 0) is 0 Å². The number of rotatable bonds is 5. The van der Waals surface area contributed by atoms with Gasteiger partial charge in [0.05, 0.1) is 6.04 Å². The van der Waals surface area contributed by atoms with Gasteiger partial charge in [0.2, 0.25) is 0 Å². The molecular formula is C15H20FN5. The van der Waals surface area contributed by atoms with E-state index in [1.54, 1.807) is 12.1 Å². The summed E-state index contributed by atoms with van der Waals surface area (Å²) in [6.07, 6.45) is 0. The van der Waals surface area contributed by atoms with E-state index in [0.29, 0.717) is 17.5 Å². The molecule has 0 radical (unpaired) electrons. The van der Waals surface area contributed by atoms with E-state index in [2.05, 4.69) is 20.7 Å². The summed E-state index contributed by atoms with van der Waals surface area (Å²) in [6, 6.07) is 8.13. The summed E-state index contributed by atoms with van der Waals surface area (Å²) in [5.74, 6) is 7.25. The molecule has 0 fully saturated rings. The smallest absolute Gasteiger partial charge is 0.145 e. The van der Waals surface area contributed by atoms with E-state index < -0.39 is 0 Å². The van der Waals surface area contributed by atoms with Crippen LogP contribution in [0.2, 0.25) is 0 Å². The van der Waals surface area contributed by atoms with Crippen molar-refractivity contribution in [2.75, 3.05) is 10.7 Å². The third kappa shape index (κ3) is 3.88. The van der Waals surface area contributed by atoms with Gasteiger partial charge < -0.3 is 10.7 Å². The molecule has 2 aromatic rings. The lowest BCUT2D eigenvalue weighted by atomic mass is 10.1. The fraction of sp³-hybridized carbons (Fsp3) is 0.333. The van der Waals surface area contributed by atoms with Crippen LogP contribution in [0.4, 0.5) is 16.0 Å². The Kier molecular flexibility index (Phi) is 4.70. The molecule has 0 aliphatic carbocycles. The lowest BCUT2D eigenvalue weighted by Crippen LogP contribution is -2.14. The standard InChI is InChI=1S/C15H20FN5/c1-9(2)15-19-13(8-14(20-15)21-17)18-10(3)11-5-4-6-12(16)7-11/h4-10H,17H2,1-3H3,(H2,18,19,20,21). The maximum atomic E-state index is 13.3. The zero-order valence-electron chi connectivity index (χ0n) is 12.4. The second-order valence-electron chi connectivity index (χ2n) is 5.22. The number of nitrogens with zero attached hydrogens (tertiary/aromatic N) is 2. The van der Waals surface area contributed by atoms with Crippen molar-refractivity contribution >= 4 is 11.6 Å². The molecule has 0 aliphatic heterocycles. The molecular weight excluding hydrogens is 269 g/mol. The Morgan fingerprint density at radius 3 is 2.43 bits per heavy atom. The average Bonchev–Trinajstić information content (AvgIpc) is 2.46. The summed E-state index contributed by atoms with van der Waals surface area (Å²) < 4.78 is 13.3. The number of hydrazine groups is 1. The largest absolute Gasteiger partial charge is 0.363 e. The van der Waals surface area contributed by atoms with E-state index in [0.717, 1.165) is 5.56 Å². The topological polar surface area (TPSA) is 75.9 Å². The number of nitrogens with one attached hydrogen (secondary N) is 2. The van der Waals surface area contributed by atoms with Crippen LogP contribution >= 0.6 is 0 Å². The number of aromatic nitrogens is 2. The highest BCUT2D eigenvalue weighted by Crippen LogP contribution is 2.22. The summed E-state index contributed by atoms with van der Waals surface area (Å²) in [5.41, 5.74) is 3.38. The number of hydrogen-bond acceptors (Lipinski definition) is 5. The van der Waals surface area contributed by atoms with E-state index in [4.69, 9.17) is 5.84 Å². The summed E-state index contributed by atoms with van der Waals surface area (Å²) in [6.45, 7) is 5.96. The second kappa shape index (κ2) is 6.49. The summed E-state index contributed by atoms with van der Waals surface area (Å²) in [4.78, 5) is 8.76. The Morgan fingerprint density at radius 2 is 1.81 bits per heavy atom. The zero-order valence-corrected chi connectivity index (χ0v) is 12.4. The number of benzene rings is 1. The third-order valence-electron chi connectivity index (χ3n) is 3.12. The quantitative estimate of drug-likeness (QED) is 0.582. The van der Waals surface area contributed by atoms with E-state index >= 15 is 0 Å². The Labute approximate surface area is 123 Å². The number of halogens is 1. The minimum atomic E-state index is -0.254. The number of hydrogen-bond donors (Lipinski definition) is 3. The molecule has 0 bridgehead atoms. The van der Waals surface area contributed by atoms with E-state index in [1.165, 1.54) is 12.1 Å². The first-order valence-corrected chi connectivity index (χ1v) is 6.87. The predicted octanol–water partition coefficient (Wildman–Crippen LogP) is 3.20. The van der Waals surface area contributed by atoms with Crippen LogP contribution in [0.1, 0.15) is 44.1 Å². The highest BCUT2D eigenvalue weighted by Gasteiger charge is 2.11. The Morgan fingerprint density at radius 1 is 1.10 bits per heavy atom. The van der Waals surface area contributed by atoms with Crippen molar-refractivity contribution in [2.45, 2.75) is 32.7 Å². The molecule has 5 nitrogen and oxygen atoms in total. The number of anilines is 2. The van der Waals surface area contributed by atoms with Crippen LogP contribution in [0, 0.1) is 5.82 Å². The van der Waals surface area contributed by atoms with E-state index in [-0.39, 0.29) is 17.8 Å². The highest BCUT2D eigenvalue weighted by atomic mass is 19.1. The fourth-order valence-corrected chi connectivity index (χ4v) is 1.95. The SMILES string of the molecule is CC(C)c1nc(NN)cc(NC(C)c2cccc(F)c2)n1. The van der Waals surface area contributed by atoms with Crippen LogP contribution in [0.5, 0.6) is 0 Å². The maximum absolute atomic E-state index is 13.3. The highest BCUT2D eigenvalue weighted by molar-refractivity contribution is 5.48. The van der Waals surface area contributed by atoms with Gasteiger partial charge in [-0.1, -0.05) is 26.0 Å². The molecule has 1 heterocycles. The first-order chi connectivity index (χ1) is 9.99. The van der Waals surface area contributed by atoms with Gasteiger partial charge in [-0.3, -0.25) is 0 Å². The molecule has 0 spiro atoms. The van der Waals surface area contributed by atoms with Crippen molar-refractivity contribution in [3.05, 3.63) is 47.5 Å². The molecule has 0 amide bonds. The first-order valence-electron chi connectivity index (χ1n) is 6.87. The third-order valence-corrected chi connectivity index (χ3v) is 3.12. The minimum Gasteiger partial charge on any atom is -0.363 e. The summed E-state index contributed by atoms with van der Waals surface area (Å²) in [5, 5.41) is 3.24. The molecule has 1 aromatic carbocycles. The molecule has 112 valence electrons. The van der Waals surface area contributed by atoms with Gasteiger partial charge in [-0.2, -0.15) is 0 Å². The van der Waals surface area contributed by atoms with Crippen LogP contribution < -0.4 is 16.6 Å². The van der Waals surface area contributed by atoms with Gasteiger partial charge in [-0.15, -0.1) is 0 Å². The summed E-state index contributed by atoms with van der Waals surface area (Å²) >= 11 is 0. The van der Waals surface area contributed by atoms with Gasteiger partial charge in [0, 0.05) is 12.0 Å². The van der Waals surface area contributed by atoms with Gasteiger partial charge in [0.1, 0.15) is 23.3 Å². The molecule has 1 atom stereocenters. The molecule has 1 unspecified atom stereocenters. The Hall–Kier alpha value is -2.21. The lowest BCUT2D eigenvalue weighted by Gasteiger charge is -2.17. The Bertz CT molecular complexity index is 615. The van der Waals surface area contributed by atoms with Crippen molar-refractivity contribution in [1.29, 1.82) is 0 Å². The molecule has 2 rings (SSSR count). The molecule has 0 aliphatic rings.